The standard InChI is InChI=1S/C16H21NO4/c1-16(2)9-12(16)8-13(14(18)19)17-15(20)21-10-11-6-4-3-5-7-11/h3-7,12-13H,8-10H2,1-2H3,(H,17,20)(H,18,19). The first-order chi connectivity index (χ1) is 9.88. The fourth-order valence-corrected chi connectivity index (χ4v) is 2.39. The number of nitrogens with one attached hydrogen (secondary N) is 1. The van der Waals surface area contributed by atoms with Gasteiger partial charge in [0, 0.05) is 0 Å². The van der Waals surface area contributed by atoms with E-state index in [-0.39, 0.29) is 12.0 Å². The van der Waals surface area contributed by atoms with E-state index in [4.69, 9.17) is 4.74 Å². The normalized spacial score (nSPS) is 20.4. The minimum Gasteiger partial charge on any atom is -0.480 e. The molecule has 21 heavy (non-hydrogen) atoms. The number of benzene rings is 1. The van der Waals surface area contributed by atoms with Gasteiger partial charge in [-0.3, -0.25) is 0 Å². The smallest absolute Gasteiger partial charge is 0.408 e. The summed E-state index contributed by atoms with van der Waals surface area (Å²) in [6, 6.07) is 8.38. The number of alkyl carbamates (subject to hydrolysis) is 1. The number of ether oxygens (including phenoxy) is 1. The molecule has 0 heterocycles. The minimum absolute atomic E-state index is 0.133. The highest BCUT2D eigenvalue weighted by atomic mass is 16.5. The van der Waals surface area contributed by atoms with Crippen LogP contribution in [0.3, 0.4) is 0 Å². The van der Waals surface area contributed by atoms with Crippen molar-refractivity contribution < 1.29 is 19.4 Å². The molecule has 5 heteroatoms. The van der Waals surface area contributed by atoms with Gasteiger partial charge in [-0.05, 0) is 29.7 Å². The van der Waals surface area contributed by atoms with Crippen molar-refractivity contribution >= 4 is 12.1 Å². The van der Waals surface area contributed by atoms with E-state index in [0.29, 0.717) is 12.3 Å². The van der Waals surface area contributed by atoms with Crippen LogP contribution in [0.15, 0.2) is 30.3 Å². The van der Waals surface area contributed by atoms with Crippen LogP contribution < -0.4 is 5.32 Å². The molecule has 1 aliphatic rings. The Labute approximate surface area is 124 Å². The number of amides is 1. The molecule has 1 aromatic carbocycles. The molecule has 0 aromatic heterocycles. The van der Waals surface area contributed by atoms with Crippen LogP contribution in [0.4, 0.5) is 4.79 Å². The fraction of sp³-hybridized carbons (Fsp3) is 0.500. The lowest BCUT2D eigenvalue weighted by Gasteiger charge is -2.15. The molecule has 0 radical (unpaired) electrons. The second-order valence-corrected chi connectivity index (χ2v) is 6.22. The third kappa shape index (κ3) is 4.48. The van der Waals surface area contributed by atoms with Crippen LogP contribution in [0.2, 0.25) is 0 Å². The van der Waals surface area contributed by atoms with Crippen LogP contribution in [-0.4, -0.2) is 23.2 Å². The Bertz CT molecular complexity index is 512. The van der Waals surface area contributed by atoms with Gasteiger partial charge >= 0.3 is 12.1 Å². The lowest BCUT2D eigenvalue weighted by atomic mass is 10.0. The molecule has 1 aromatic rings. The van der Waals surface area contributed by atoms with Gasteiger partial charge in [0.25, 0.3) is 0 Å². The monoisotopic (exact) mass is 291 g/mol. The maximum Gasteiger partial charge on any atom is 0.408 e. The Morgan fingerprint density at radius 2 is 2.00 bits per heavy atom. The van der Waals surface area contributed by atoms with Gasteiger partial charge in [-0.15, -0.1) is 0 Å². The molecule has 114 valence electrons. The summed E-state index contributed by atoms with van der Waals surface area (Å²) in [4.78, 5) is 22.9. The van der Waals surface area contributed by atoms with Crippen molar-refractivity contribution in [2.75, 3.05) is 0 Å². The van der Waals surface area contributed by atoms with Crippen molar-refractivity contribution in [2.45, 2.75) is 39.3 Å². The van der Waals surface area contributed by atoms with E-state index < -0.39 is 18.1 Å². The fourth-order valence-electron chi connectivity index (χ4n) is 2.39. The van der Waals surface area contributed by atoms with E-state index in [1.54, 1.807) is 0 Å². The van der Waals surface area contributed by atoms with Crippen molar-refractivity contribution in [1.29, 1.82) is 0 Å². The van der Waals surface area contributed by atoms with Crippen LogP contribution in [0.5, 0.6) is 0 Å². The molecule has 1 fully saturated rings. The molecular weight excluding hydrogens is 270 g/mol. The van der Waals surface area contributed by atoms with Crippen molar-refractivity contribution in [3.05, 3.63) is 35.9 Å². The molecule has 2 atom stereocenters. The zero-order chi connectivity index (χ0) is 15.5. The second kappa shape index (κ2) is 6.16. The molecule has 0 aliphatic heterocycles. The van der Waals surface area contributed by atoms with E-state index in [0.717, 1.165) is 12.0 Å². The first-order valence-electron chi connectivity index (χ1n) is 7.08. The molecule has 1 saturated carbocycles. The van der Waals surface area contributed by atoms with E-state index >= 15 is 0 Å². The molecule has 0 spiro atoms. The van der Waals surface area contributed by atoms with Gasteiger partial charge in [0.1, 0.15) is 12.6 Å². The molecule has 0 saturated heterocycles. The predicted molar refractivity (Wildman–Crippen MR) is 77.7 cm³/mol. The topological polar surface area (TPSA) is 75.6 Å². The first kappa shape index (κ1) is 15.4. The Hall–Kier alpha value is -2.04. The van der Waals surface area contributed by atoms with E-state index in [9.17, 15) is 14.7 Å². The lowest BCUT2D eigenvalue weighted by Crippen LogP contribution is -2.41. The highest BCUT2D eigenvalue weighted by Gasteiger charge is 2.47. The maximum atomic E-state index is 11.7. The van der Waals surface area contributed by atoms with Crippen molar-refractivity contribution in [3.63, 3.8) is 0 Å². The average molecular weight is 291 g/mol. The summed E-state index contributed by atoms with van der Waals surface area (Å²) >= 11 is 0. The van der Waals surface area contributed by atoms with E-state index in [2.05, 4.69) is 19.2 Å². The van der Waals surface area contributed by atoms with Gasteiger partial charge in [-0.25, -0.2) is 9.59 Å². The third-order valence-electron chi connectivity index (χ3n) is 4.04. The van der Waals surface area contributed by atoms with Crippen molar-refractivity contribution in [2.24, 2.45) is 11.3 Å². The zero-order valence-electron chi connectivity index (χ0n) is 12.3. The molecule has 2 unspecified atom stereocenters. The molecule has 1 aliphatic carbocycles. The molecular formula is C16H21NO4. The third-order valence-corrected chi connectivity index (χ3v) is 4.04. The quantitative estimate of drug-likeness (QED) is 0.845. The van der Waals surface area contributed by atoms with Gasteiger partial charge in [-0.1, -0.05) is 44.2 Å². The predicted octanol–water partition coefficient (Wildman–Crippen LogP) is 2.80. The lowest BCUT2D eigenvalue weighted by molar-refractivity contribution is -0.139. The van der Waals surface area contributed by atoms with E-state index in [1.807, 2.05) is 30.3 Å². The zero-order valence-corrected chi connectivity index (χ0v) is 12.3. The Morgan fingerprint density at radius 3 is 2.52 bits per heavy atom. The van der Waals surface area contributed by atoms with Gasteiger partial charge in [0.2, 0.25) is 0 Å². The van der Waals surface area contributed by atoms with Crippen molar-refractivity contribution in [3.8, 4) is 0 Å². The Balaban J connectivity index is 1.80. The summed E-state index contributed by atoms with van der Waals surface area (Å²) < 4.78 is 5.05. The summed E-state index contributed by atoms with van der Waals surface area (Å²) in [7, 11) is 0. The SMILES string of the molecule is CC1(C)CC1CC(NC(=O)OCc1ccccc1)C(=O)O. The van der Waals surface area contributed by atoms with Gasteiger partial charge < -0.3 is 15.2 Å². The molecule has 5 nitrogen and oxygen atoms in total. The Kier molecular flexibility index (Phi) is 4.50. The van der Waals surface area contributed by atoms with Crippen LogP contribution in [0.1, 0.15) is 32.3 Å². The van der Waals surface area contributed by atoms with Gasteiger partial charge in [-0.2, -0.15) is 0 Å². The van der Waals surface area contributed by atoms with Gasteiger partial charge in [0.05, 0.1) is 0 Å². The summed E-state index contributed by atoms with van der Waals surface area (Å²) in [5, 5.41) is 11.6. The highest BCUT2D eigenvalue weighted by molar-refractivity contribution is 5.79. The number of carboxylic acid groups (broad SMARTS) is 1. The summed E-state index contributed by atoms with van der Waals surface area (Å²) in [5.74, 6) is -0.678. The number of rotatable bonds is 6. The summed E-state index contributed by atoms with van der Waals surface area (Å²) in [6.07, 6.45) is 0.755. The van der Waals surface area contributed by atoms with Crippen LogP contribution in [0.25, 0.3) is 0 Å². The summed E-state index contributed by atoms with van der Waals surface area (Å²) in [5.41, 5.74) is 1.05. The molecule has 2 N–H and O–H groups in total. The number of carboxylic acids is 1. The number of carbonyl (C=O) groups is 2. The molecule has 0 bridgehead atoms. The molecule has 2 rings (SSSR count). The number of aliphatic carboxylic acids is 1. The summed E-state index contributed by atoms with van der Waals surface area (Å²) in [6.45, 7) is 4.34. The first-order valence-corrected chi connectivity index (χ1v) is 7.08. The van der Waals surface area contributed by atoms with Crippen LogP contribution in [0, 0.1) is 11.3 Å². The number of carbonyl (C=O) groups excluding carboxylic acids is 1. The average Bonchev–Trinajstić information content (AvgIpc) is 3.04. The maximum absolute atomic E-state index is 11.7. The van der Waals surface area contributed by atoms with Crippen LogP contribution >= 0.6 is 0 Å². The second-order valence-electron chi connectivity index (χ2n) is 6.22. The van der Waals surface area contributed by atoms with E-state index in [1.165, 1.54) is 0 Å². The number of hydrogen-bond acceptors (Lipinski definition) is 3. The van der Waals surface area contributed by atoms with Crippen molar-refractivity contribution in [1.82, 2.24) is 5.32 Å². The Morgan fingerprint density at radius 1 is 1.38 bits per heavy atom. The van der Waals surface area contributed by atoms with Crippen LogP contribution in [-0.2, 0) is 16.1 Å². The molecule has 1 amide bonds. The van der Waals surface area contributed by atoms with Gasteiger partial charge in [0.15, 0.2) is 0 Å². The highest BCUT2D eigenvalue weighted by Crippen LogP contribution is 2.54. The minimum atomic E-state index is -1.02. The largest absolute Gasteiger partial charge is 0.480 e. The number of hydrogen-bond donors (Lipinski definition) is 2.